The van der Waals surface area contributed by atoms with Gasteiger partial charge in [-0.05, 0) is 23.8 Å². The van der Waals surface area contributed by atoms with Crippen LogP contribution in [0.4, 0.5) is 5.95 Å². The van der Waals surface area contributed by atoms with Crippen LogP contribution in [0.3, 0.4) is 0 Å². The lowest BCUT2D eigenvalue weighted by Gasteiger charge is -2.05. The molecule has 16 heavy (non-hydrogen) atoms. The molecule has 0 saturated carbocycles. The predicted octanol–water partition coefficient (Wildman–Crippen LogP) is 3.20. The molecule has 0 aliphatic heterocycles. The lowest BCUT2D eigenvalue weighted by atomic mass is 10.2. The molecule has 81 valence electrons. The van der Waals surface area contributed by atoms with Gasteiger partial charge in [0.2, 0.25) is 5.95 Å². The van der Waals surface area contributed by atoms with Gasteiger partial charge in [-0.2, -0.15) is 0 Å². The van der Waals surface area contributed by atoms with Gasteiger partial charge in [-0.15, -0.1) is 0 Å². The third-order valence-corrected chi connectivity index (χ3v) is 2.33. The summed E-state index contributed by atoms with van der Waals surface area (Å²) < 4.78 is 0. The first-order valence-electron chi connectivity index (χ1n) is 4.61. The molecule has 0 fully saturated rings. The Morgan fingerprint density at radius 1 is 1.06 bits per heavy atom. The zero-order valence-electron chi connectivity index (χ0n) is 8.24. The SMILES string of the molecule is Clc1cc(Cl)cc(CNc2nc[c]cn2)c1. The molecule has 0 atom stereocenters. The van der Waals surface area contributed by atoms with Crippen molar-refractivity contribution in [3.05, 3.63) is 52.3 Å². The van der Waals surface area contributed by atoms with E-state index in [4.69, 9.17) is 23.2 Å². The van der Waals surface area contributed by atoms with Gasteiger partial charge in [0, 0.05) is 35.1 Å². The highest BCUT2D eigenvalue weighted by Gasteiger charge is 1.99. The van der Waals surface area contributed by atoms with E-state index in [1.54, 1.807) is 18.5 Å². The minimum Gasteiger partial charge on any atom is -0.350 e. The Morgan fingerprint density at radius 2 is 1.69 bits per heavy atom. The van der Waals surface area contributed by atoms with Crippen molar-refractivity contribution >= 4 is 29.2 Å². The van der Waals surface area contributed by atoms with Crippen LogP contribution < -0.4 is 5.32 Å². The van der Waals surface area contributed by atoms with Gasteiger partial charge < -0.3 is 5.32 Å². The van der Waals surface area contributed by atoms with Crippen LogP contribution in [0.5, 0.6) is 0 Å². The number of rotatable bonds is 3. The molecule has 0 spiro atoms. The first-order valence-corrected chi connectivity index (χ1v) is 5.36. The molecule has 0 unspecified atom stereocenters. The van der Waals surface area contributed by atoms with Gasteiger partial charge in [-0.1, -0.05) is 23.2 Å². The highest BCUT2D eigenvalue weighted by atomic mass is 35.5. The Hall–Kier alpha value is -1.32. The third-order valence-electron chi connectivity index (χ3n) is 1.90. The van der Waals surface area contributed by atoms with Gasteiger partial charge in [0.05, 0.1) is 0 Å². The quantitative estimate of drug-likeness (QED) is 0.912. The number of anilines is 1. The van der Waals surface area contributed by atoms with Crippen LogP contribution in [0, 0.1) is 6.07 Å². The molecule has 1 aromatic carbocycles. The van der Waals surface area contributed by atoms with Crippen LogP contribution >= 0.6 is 23.2 Å². The second kappa shape index (κ2) is 5.14. The molecule has 1 N–H and O–H groups in total. The molecule has 1 heterocycles. The fraction of sp³-hybridized carbons (Fsp3) is 0.0909. The van der Waals surface area contributed by atoms with Crippen molar-refractivity contribution in [2.45, 2.75) is 6.54 Å². The normalized spacial score (nSPS) is 10.1. The zero-order valence-corrected chi connectivity index (χ0v) is 9.76. The molecule has 3 nitrogen and oxygen atoms in total. The van der Waals surface area contributed by atoms with Crippen molar-refractivity contribution in [1.82, 2.24) is 9.97 Å². The van der Waals surface area contributed by atoms with E-state index >= 15 is 0 Å². The molecule has 0 amide bonds. The van der Waals surface area contributed by atoms with E-state index in [-0.39, 0.29) is 0 Å². The van der Waals surface area contributed by atoms with Crippen LogP contribution in [-0.2, 0) is 6.54 Å². The maximum atomic E-state index is 5.88. The number of nitrogens with zero attached hydrogens (tertiary/aromatic N) is 2. The molecule has 0 aliphatic carbocycles. The highest BCUT2D eigenvalue weighted by molar-refractivity contribution is 6.34. The largest absolute Gasteiger partial charge is 0.350 e. The number of hydrogen-bond acceptors (Lipinski definition) is 3. The van der Waals surface area contributed by atoms with E-state index in [1.807, 2.05) is 12.1 Å². The third kappa shape index (κ3) is 3.08. The van der Waals surface area contributed by atoms with Gasteiger partial charge in [-0.25, -0.2) is 9.97 Å². The minimum absolute atomic E-state index is 0.551. The van der Waals surface area contributed by atoms with Gasteiger partial charge in [0.15, 0.2) is 0 Å². The van der Waals surface area contributed by atoms with Gasteiger partial charge in [-0.3, -0.25) is 0 Å². The highest BCUT2D eigenvalue weighted by Crippen LogP contribution is 2.19. The number of hydrogen-bond donors (Lipinski definition) is 1. The second-order valence-electron chi connectivity index (χ2n) is 3.14. The lowest BCUT2D eigenvalue weighted by Crippen LogP contribution is -2.02. The summed E-state index contributed by atoms with van der Waals surface area (Å²) in [6.45, 7) is 0.574. The Labute approximate surface area is 103 Å². The molecule has 0 bridgehead atoms. The summed E-state index contributed by atoms with van der Waals surface area (Å²) in [7, 11) is 0. The summed E-state index contributed by atoms with van der Waals surface area (Å²) in [6.07, 6.45) is 3.11. The molecule has 2 aromatic rings. The van der Waals surface area contributed by atoms with Gasteiger partial charge in [0.25, 0.3) is 0 Å². The summed E-state index contributed by atoms with van der Waals surface area (Å²) in [5.74, 6) is 0.551. The number of nitrogens with one attached hydrogen (secondary N) is 1. The van der Waals surface area contributed by atoms with Gasteiger partial charge in [0.1, 0.15) is 0 Å². The topological polar surface area (TPSA) is 37.8 Å². The van der Waals surface area contributed by atoms with E-state index in [0.29, 0.717) is 22.5 Å². The second-order valence-corrected chi connectivity index (χ2v) is 4.01. The van der Waals surface area contributed by atoms with E-state index in [1.165, 1.54) is 0 Å². The van der Waals surface area contributed by atoms with Crippen molar-refractivity contribution in [3.63, 3.8) is 0 Å². The van der Waals surface area contributed by atoms with Crippen LogP contribution in [-0.4, -0.2) is 9.97 Å². The molecule has 0 saturated heterocycles. The molecule has 0 aliphatic rings. The smallest absolute Gasteiger partial charge is 0.222 e. The van der Waals surface area contributed by atoms with E-state index in [9.17, 15) is 0 Å². The summed E-state index contributed by atoms with van der Waals surface area (Å²) >= 11 is 11.8. The van der Waals surface area contributed by atoms with E-state index < -0.39 is 0 Å². The number of benzene rings is 1. The standard InChI is InChI=1S/C11H8Cl2N3/c12-9-4-8(5-10(13)6-9)7-16-11-14-2-1-3-15-11/h2-6H,7H2,(H,14,15,16). The minimum atomic E-state index is 0.551. The molecule has 2 rings (SSSR count). The van der Waals surface area contributed by atoms with Crippen LogP contribution in [0.2, 0.25) is 10.0 Å². The summed E-state index contributed by atoms with van der Waals surface area (Å²) in [6, 6.07) is 8.13. The Kier molecular flexibility index (Phi) is 3.59. The maximum absolute atomic E-state index is 5.88. The van der Waals surface area contributed by atoms with Crippen LogP contribution in [0.25, 0.3) is 0 Å². The van der Waals surface area contributed by atoms with Gasteiger partial charge >= 0.3 is 0 Å². The lowest BCUT2D eigenvalue weighted by molar-refractivity contribution is 1.05. The summed E-state index contributed by atoms with van der Waals surface area (Å²) in [4.78, 5) is 7.99. The molecule has 1 radical (unpaired) electrons. The summed E-state index contributed by atoms with van der Waals surface area (Å²) in [5.41, 5.74) is 0.980. The van der Waals surface area contributed by atoms with E-state index in [2.05, 4.69) is 21.4 Å². The van der Waals surface area contributed by atoms with Crippen LogP contribution in [0.15, 0.2) is 30.6 Å². The Balaban J connectivity index is 2.05. The van der Waals surface area contributed by atoms with Crippen LogP contribution in [0.1, 0.15) is 5.56 Å². The zero-order chi connectivity index (χ0) is 11.4. The van der Waals surface area contributed by atoms with Crippen molar-refractivity contribution in [1.29, 1.82) is 0 Å². The predicted molar refractivity (Wildman–Crippen MR) is 64.7 cm³/mol. The molecule has 1 aromatic heterocycles. The fourth-order valence-electron chi connectivity index (χ4n) is 1.25. The van der Waals surface area contributed by atoms with Crippen molar-refractivity contribution < 1.29 is 0 Å². The Morgan fingerprint density at radius 3 is 2.31 bits per heavy atom. The van der Waals surface area contributed by atoms with Crippen molar-refractivity contribution in [2.75, 3.05) is 5.32 Å². The number of aromatic nitrogens is 2. The van der Waals surface area contributed by atoms with Crippen molar-refractivity contribution in [2.24, 2.45) is 0 Å². The average Bonchev–Trinajstić information content (AvgIpc) is 2.27. The number of halogens is 2. The first-order chi connectivity index (χ1) is 7.74. The first kappa shape index (κ1) is 11.2. The maximum Gasteiger partial charge on any atom is 0.222 e. The molecular formula is C11H8Cl2N3. The Bertz CT molecular complexity index is 454. The van der Waals surface area contributed by atoms with Crippen molar-refractivity contribution in [3.8, 4) is 0 Å². The molecule has 5 heteroatoms. The monoisotopic (exact) mass is 252 g/mol. The fourth-order valence-corrected chi connectivity index (χ4v) is 1.82. The molecular weight excluding hydrogens is 245 g/mol. The summed E-state index contributed by atoms with van der Waals surface area (Å²) in [5, 5.41) is 4.29. The average molecular weight is 253 g/mol. The van der Waals surface area contributed by atoms with E-state index in [0.717, 1.165) is 5.56 Å².